The monoisotopic (exact) mass is 682 g/mol. The van der Waals surface area contributed by atoms with Gasteiger partial charge in [0.25, 0.3) is 10.0 Å². The maximum absolute atomic E-state index is 14.6. The van der Waals surface area contributed by atoms with Gasteiger partial charge in [-0.15, -0.1) is 0 Å². The summed E-state index contributed by atoms with van der Waals surface area (Å²) in [5, 5.41) is 0.312. The molecule has 0 radical (unpaired) electrons. The smallest absolute Gasteiger partial charge is 0.280 e. The minimum absolute atomic E-state index is 0.0992. The fourth-order valence-corrected chi connectivity index (χ4v) is 7.94. The molecule has 0 amide bonds. The molecule has 1 aromatic heterocycles. The van der Waals surface area contributed by atoms with E-state index < -0.39 is 21.8 Å². The van der Waals surface area contributed by atoms with Gasteiger partial charge in [-0.1, -0.05) is 103 Å². The number of hydrogen-bond donors (Lipinski definition) is 1. The number of anilines is 1. The third-order valence-electron chi connectivity index (χ3n) is 9.14. The summed E-state index contributed by atoms with van der Waals surface area (Å²) < 4.78 is 72.7. The number of nitrogens with one attached hydrogen (secondary N) is 1. The Kier molecular flexibility index (Phi) is 7.76. The first-order chi connectivity index (χ1) is 24.1. The Balaban J connectivity index is 1.33. The average Bonchev–Trinajstić information content (AvgIpc) is 3.49. The highest BCUT2D eigenvalue weighted by atomic mass is 32.2. The van der Waals surface area contributed by atoms with Crippen LogP contribution < -0.4 is 4.72 Å². The van der Waals surface area contributed by atoms with Crippen LogP contribution in [0.3, 0.4) is 0 Å². The van der Waals surface area contributed by atoms with Crippen LogP contribution in [-0.2, 0) is 29.0 Å². The normalized spacial score (nSPS) is 12.5. The molecule has 0 atom stereocenters. The molecular formula is C42H29F3N2O2S. The second kappa shape index (κ2) is 12.3. The standard InChI is InChI=1S/C42H29F3N2O2S/c43-42(44,45)39-20-10-19-34-35(29-14-9-15-31(24-29)47-50(48,49)32-16-5-2-6-17-32)26-40(46-41(34)39)38-23-28(21-27-11-3-1-4-12-27)22-36-33-18-8-7-13-30(33)25-37(36)38/h1-20,22-24,26,47H,21,25H2. The van der Waals surface area contributed by atoms with Gasteiger partial charge in [-0.3, -0.25) is 4.72 Å². The SMILES string of the molecule is O=S(=O)(Nc1cccc(-c2cc(-c3cc(Cc4ccccc4)cc4c3Cc3ccccc3-4)nc3c(C(F)(F)F)cccc23)c1)c1ccccc1. The number of sulfonamides is 1. The van der Waals surface area contributed by atoms with Crippen molar-refractivity contribution in [3.63, 3.8) is 0 Å². The van der Waals surface area contributed by atoms with Crippen molar-refractivity contribution < 1.29 is 21.6 Å². The minimum Gasteiger partial charge on any atom is -0.280 e. The van der Waals surface area contributed by atoms with Crippen molar-refractivity contribution in [2.75, 3.05) is 4.72 Å². The summed E-state index contributed by atoms with van der Waals surface area (Å²) in [5.41, 5.74) is 7.97. The number of rotatable bonds is 7. The fraction of sp³-hybridized carbons (Fsp3) is 0.0714. The molecule has 0 unspecified atom stereocenters. The van der Waals surface area contributed by atoms with Crippen molar-refractivity contribution in [2.24, 2.45) is 0 Å². The molecule has 6 aromatic carbocycles. The highest BCUT2D eigenvalue weighted by Gasteiger charge is 2.34. The molecule has 50 heavy (non-hydrogen) atoms. The molecule has 1 aliphatic rings. The first-order valence-electron chi connectivity index (χ1n) is 16.1. The predicted octanol–water partition coefficient (Wildman–Crippen LogP) is 10.6. The molecule has 246 valence electrons. The third kappa shape index (κ3) is 5.92. The second-order valence-corrected chi connectivity index (χ2v) is 14.1. The van der Waals surface area contributed by atoms with E-state index in [1.165, 1.54) is 18.2 Å². The van der Waals surface area contributed by atoms with Crippen molar-refractivity contribution in [3.8, 4) is 33.5 Å². The zero-order valence-electron chi connectivity index (χ0n) is 26.6. The molecule has 1 heterocycles. The van der Waals surface area contributed by atoms with Crippen molar-refractivity contribution >= 4 is 26.6 Å². The number of alkyl halides is 3. The largest absolute Gasteiger partial charge is 0.418 e. The maximum Gasteiger partial charge on any atom is 0.418 e. The minimum atomic E-state index is -4.65. The van der Waals surface area contributed by atoms with Crippen LogP contribution in [0.15, 0.2) is 150 Å². The number of para-hydroxylation sites is 1. The summed E-state index contributed by atoms with van der Waals surface area (Å²) in [6.07, 6.45) is -3.39. The Morgan fingerprint density at radius 3 is 2.12 bits per heavy atom. The van der Waals surface area contributed by atoms with Gasteiger partial charge in [0.15, 0.2) is 0 Å². The molecule has 8 heteroatoms. The lowest BCUT2D eigenvalue weighted by Crippen LogP contribution is -2.12. The summed E-state index contributed by atoms with van der Waals surface area (Å²) >= 11 is 0. The van der Waals surface area contributed by atoms with E-state index in [0.717, 1.165) is 45.0 Å². The number of nitrogens with zero attached hydrogens (tertiary/aromatic N) is 1. The lowest BCUT2D eigenvalue weighted by molar-refractivity contribution is -0.136. The van der Waals surface area contributed by atoms with Crippen LogP contribution in [0.4, 0.5) is 18.9 Å². The Morgan fingerprint density at radius 1 is 0.640 bits per heavy atom. The summed E-state index contributed by atoms with van der Waals surface area (Å²) in [4.78, 5) is 4.88. The second-order valence-electron chi connectivity index (χ2n) is 12.4. The van der Waals surface area contributed by atoms with Gasteiger partial charge in [0, 0.05) is 16.6 Å². The number of fused-ring (bicyclic) bond motifs is 4. The zero-order chi connectivity index (χ0) is 34.5. The Bertz CT molecular complexity index is 2520. The van der Waals surface area contributed by atoms with Crippen molar-refractivity contribution in [1.82, 2.24) is 4.98 Å². The molecule has 0 spiro atoms. The van der Waals surface area contributed by atoms with E-state index in [0.29, 0.717) is 35.0 Å². The van der Waals surface area contributed by atoms with Gasteiger partial charge in [-0.05, 0) is 99.8 Å². The molecule has 0 bridgehead atoms. The van der Waals surface area contributed by atoms with Crippen molar-refractivity contribution in [1.29, 1.82) is 0 Å². The molecule has 0 aliphatic heterocycles. The van der Waals surface area contributed by atoms with Gasteiger partial charge in [0.2, 0.25) is 0 Å². The van der Waals surface area contributed by atoms with E-state index in [9.17, 15) is 21.6 Å². The Hall–Kier alpha value is -5.73. The number of hydrogen-bond acceptors (Lipinski definition) is 3. The quantitative estimate of drug-likeness (QED) is 0.182. The van der Waals surface area contributed by atoms with E-state index in [-0.39, 0.29) is 16.1 Å². The Labute approximate surface area is 288 Å². The van der Waals surface area contributed by atoms with Crippen LogP contribution in [0.2, 0.25) is 0 Å². The van der Waals surface area contributed by atoms with E-state index in [4.69, 9.17) is 4.98 Å². The van der Waals surface area contributed by atoms with E-state index >= 15 is 0 Å². The molecule has 4 nitrogen and oxygen atoms in total. The maximum atomic E-state index is 14.6. The average molecular weight is 683 g/mol. The molecule has 7 aromatic rings. The van der Waals surface area contributed by atoms with E-state index in [1.54, 1.807) is 48.5 Å². The Morgan fingerprint density at radius 2 is 1.34 bits per heavy atom. The van der Waals surface area contributed by atoms with Crippen molar-refractivity contribution in [2.45, 2.75) is 23.9 Å². The lowest BCUT2D eigenvalue weighted by Gasteiger charge is -2.18. The van der Waals surface area contributed by atoms with E-state index in [1.807, 2.05) is 36.4 Å². The topological polar surface area (TPSA) is 59.1 Å². The van der Waals surface area contributed by atoms with Crippen LogP contribution in [0.1, 0.15) is 27.8 Å². The number of pyridine rings is 1. The van der Waals surface area contributed by atoms with Crippen molar-refractivity contribution in [3.05, 3.63) is 173 Å². The third-order valence-corrected chi connectivity index (χ3v) is 10.5. The predicted molar refractivity (Wildman–Crippen MR) is 192 cm³/mol. The summed E-state index contributed by atoms with van der Waals surface area (Å²) in [6, 6.07) is 43.1. The zero-order valence-corrected chi connectivity index (χ0v) is 27.4. The van der Waals surface area contributed by atoms with Gasteiger partial charge >= 0.3 is 6.18 Å². The lowest BCUT2D eigenvalue weighted by atomic mass is 9.91. The molecule has 0 saturated carbocycles. The number of benzene rings is 6. The van der Waals surface area contributed by atoms with Gasteiger partial charge in [-0.2, -0.15) is 13.2 Å². The van der Waals surface area contributed by atoms with Gasteiger partial charge in [0.05, 0.1) is 21.7 Å². The number of aromatic nitrogens is 1. The van der Waals surface area contributed by atoms with E-state index in [2.05, 4.69) is 41.1 Å². The highest BCUT2D eigenvalue weighted by Crippen LogP contribution is 2.45. The first-order valence-corrected chi connectivity index (χ1v) is 17.6. The fourth-order valence-electron chi connectivity index (χ4n) is 6.87. The van der Waals surface area contributed by atoms with Crippen LogP contribution in [-0.4, -0.2) is 13.4 Å². The van der Waals surface area contributed by atoms with Gasteiger partial charge in [0.1, 0.15) is 0 Å². The molecule has 8 rings (SSSR count). The summed E-state index contributed by atoms with van der Waals surface area (Å²) in [6.45, 7) is 0. The number of halogens is 3. The van der Waals surface area contributed by atoms with Gasteiger partial charge < -0.3 is 0 Å². The highest BCUT2D eigenvalue weighted by molar-refractivity contribution is 7.92. The molecule has 1 N–H and O–H groups in total. The molecular weight excluding hydrogens is 654 g/mol. The molecule has 0 fully saturated rings. The summed E-state index contributed by atoms with van der Waals surface area (Å²) in [5.74, 6) is 0. The van der Waals surface area contributed by atoms with Crippen LogP contribution in [0.5, 0.6) is 0 Å². The van der Waals surface area contributed by atoms with Crippen LogP contribution in [0, 0.1) is 0 Å². The molecule has 0 saturated heterocycles. The van der Waals surface area contributed by atoms with Crippen LogP contribution in [0.25, 0.3) is 44.4 Å². The summed E-state index contributed by atoms with van der Waals surface area (Å²) in [7, 11) is -3.91. The first kappa shape index (κ1) is 31.5. The van der Waals surface area contributed by atoms with Crippen LogP contribution >= 0.6 is 0 Å². The van der Waals surface area contributed by atoms with Gasteiger partial charge in [-0.25, -0.2) is 13.4 Å². The molecule has 1 aliphatic carbocycles.